The molecule has 0 saturated heterocycles. The lowest BCUT2D eigenvalue weighted by Crippen LogP contribution is -2.33. The fourth-order valence-corrected chi connectivity index (χ4v) is 2.32. The third kappa shape index (κ3) is 3.32. The zero-order valence-electron chi connectivity index (χ0n) is 12.5. The minimum Gasteiger partial charge on any atom is -0.478 e. The Kier molecular flexibility index (Phi) is 4.50. The van der Waals surface area contributed by atoms with Crippen molar-refractivity contribution in [1.82, 2.24) is 0 Å². The lowest BCUT2D eigenvalue weighted by atomic mass is 10.1. The molecular weight excluding hydrogens is 325 g/mol. The van der Waals surface area contributed by atoms with Crippen LogP contribution in [0.2, 0.25) is 0 Å². The standard InChI is InChI=1S/C16H13F3N2O3/c1-9-4-2-7-12(14(22)23)13(9)21(15(20)24)11-6-3-5-10(8-11)16(17,18)19/h2-8H,1H3,(H2,20,24)(H,22,23). The van der Waals surface area contributed by atoms with E-state index in [9.17, 15) is 27.9 Å². The number of aromatic carboxylic acids is 1. The fourth-order valence-electron chi connectivity index (χ4n) is 2.32. The number of amides is 2. The second-order valence-electron chi connectivity index (χ2n) is 5.00. The van der Waals surface area contributed by atoms with E-state index in [4.69, 9.17) is 5.73 Å². The fraction of sp³-hybridized carbons (Fsp3) is 0.125. The highest BCUT2D eigenvalue weighted by atomic mass is 19.4. The quantitative estimate of drug-likeness (QED) is 0.889. The third-order valence-electron chi connectivity index (χ3n) is 3.34. The molecule has 0 heterocycles. The third-order valence-corrected chi connectivity index (χ3v) is 3.34. The van der Waals surface area contributed by atoms with E-state index in [1.807, 2.05) is 0 Å². The van der Waals surface area contributed by atoms with Crippen molar-refractivity contribution >= 4 is 23.4 Å². The number of para-hydroxylation sites is 1. The zero-order valence-corrected chi connectivity index (χ0v) is 12.5. The molecule has 8 heteroatoms. The van der Waals surface area contributed by atoms with Gasteiger partial charge >= 0.3 is 18.2 Å². The number of primary amides is 1. The maximum Gasteiger partial charge on any atom is 0.416 e. The van der Waals surface area contributed by atoms with Crippen LogP contribution >= 0.6 is 0 Å². The number of rotatable bonds is 3. The van der Waals surface area contributed by atoms with Gasteiger partial charge in [0, 0.05) is 0 Å². The van der Waals surface area contributed by atoms with Crippen molar-refractivity contribution < 1.29 is 27.9 Å². The molecular formula is C16H13F3N2O3. The lowest BCUT2D eigenvalue weighted by molar-refractivity contribution is -0.137. The van der Waals surface area contributed by atoms with E-state index in [1.165, 1.54) is 31.2 Å². The van der Waals surface area contributed by atoms with Gasteiger partial charge < -0.3 is 10.8 Å². The molecule has 0 fully saturated rings. The van der Waals surface area contributed by atoms with Gasteiger partial charge in [-0.15, -0.1) is 0 Å². The van der Waals surface area contributed by atoms with E-state index in [1.54, 1.807) is 0 Å². The van der Waals surface area contributed by atoms with Crippen LogP contribution in [0.15, 0.2) is 42.5 Å². The summed E-state index contributed by atoms with van der Waals surface area (Å²) >= 11 is 0. The van der Waals surface area contributed by atoms with Crippen LogP contribution < -0.4 is 10.6 Å². The van der Waals surface area contributed by atoms with E-state index >= 15 is 0 Å². The molecule has 0 saturated carbocycles. The summed E-state index contributed by atoms with van der Waals surface area (Å²) in [5.74, 6) is -1.33. The van der Waals surface area contributed by atoms with Gasteiger partial charge in [-0.3, -0.25) is 4.90 Å². The van der Waals surface area contributed by atoms with Gasteiger partial charge in [0.05, 0.1) is 22.5 Å². The molecule has 0 aromatic heterocycles. The van der Waals surface area contributed by atoms with Crippen LogP contribution in [0, 0.1) is 6.92 Å². The first-order chi connectivity index (χ1) is 11.1. The molecule has 2 aromatic rings. The number of aryl methyl sites for hydroxylation is 1. The number of carbonyl (C=O) groups excluding carboxylic acids is 1. The minimum absolute atomic E-state index is 0.0724. The van der Waals surface area contributed by atoms with Gasteiger partial charge in [-0.1, -0.05) is 18.2 Å². The zero-order chi connectivity index (χ0) is 18.1. The number of hydrogen-bond donors (Lipinski definition) is 2. The van der Waals surface area contributed by atoms with E-state index in [-0.39, 0.29) is 16.9 Å². The molecule has 2 amide bonds. The summed E-state index contributed by atoms with van der Waals surface area (Å²) in [4.78, 5) is 24.0. The van der Waals surface area contributed by atoms with E-state index in [2.05, 4.69) is 0 Å². The Morgan fingerprint density at radius 3 is 2.29 bits per heavy atom. The largest absolute Gasteiger partial charge is 0.478 e. The first-order valence-electron chi connectivity index (χ1n) is 6.72. The predicted molar refractivity (Wildman–Crippen MR) is 81.3 cm³/mol. The highest BCUT2D eigenvalue weighted by Gasteiger charge is 2.32. The predicted octanol–water partition coefficient (Wildman–Crippen LogP) is 3.93. The molecule has 2 rings (SSSR count). The number of alkyl halides is 3. The van der Waals surface area contributed by atoms with Crippen molar-refractivity contribution in [3.8, 4) is 0 Å². The molecule has 24 heavy (non-hydrogen) atoms. The second-order valence-corrected chi connectivity index (χ2v) is 5.00. The summed E-state index contributed by atoms with van der Waals surface area (Å²) < 4.78 is 38.7. The van der Waals surface area contributed by atoms with Crippen LogP contribution in [-0.4, -0.2) is 17.1 Å². The van der Waals surface area contributed by atoms with Crippen molar-refractivity contribution in [3.63, 3.8) is 0 Å². The molecule has 0 aliphatic carbocycles. The van der Waals surface area contributed by atoms with Crippen LogP contribution in [0.1, 0.15) is 21.5 Å². The Balaban J connectivity index is 2.70. The SMILES string of the molecule is Cc1cccc(C(=O)O)c1N(C(N)=O)c1cccc(C(F)(F)F)c1. The van der Waals surface area contributed by atoms with Crippen molar-refractivity contribution in [2.24, 2.45) is 5.73 Å². The summed E-state index contributed by atoms with van der Waals surface area (Å²) in [5, 5.41) is 9.29. The second kappa shape index (κ2) is 6.23. The average molecular weight is 338 g/mol. The van der Waals surface area contributed by atoms with Crippen LogP contribution in [0.4, 0.5) is 29.3 Å². The summed E-state index contributed by atoms with van der Waals surface area (Å²) in [5.41, 5.74) is 4.23. The number of hydrogen-bond acceptors (Lipinski definition) is 2. The number of nitrogens with two attached hydrogens (primary N) is 1. The van der Waals surface area contributed by atoms with Crippen LogP contribution in [-0.2, 0) is 6.18 Å². The average Bonchev–Trinajstić information content (AvgIpc) is 2.48. The molecule has 3 N–H and O–H groups in total. The van der Waals surface area contributed by atoms with Crippen molar-refractivity contribution in [2.75, 3.05) is 4.90 Å². The highest BCUT2D eigenvalue weighted by molar-refractivity contribution is 6.06. The summed E-state index contributed by atoms with van der Waals surface area (Å²) in [6.07, 6.45) is -4.61. The molecule has 0 unspecified atom stereocenters. The van der Waals surface area contributed by atoms with Gasteiger partial charge in [0.1, 0.15) is 0 Å². The maximum absolute atomic E-state index is 12.9. The molecule has 2 aromatic carbocycles. The number of halogens is 3. The molecule has 0 radical (unpaired) electrons. The summed E-state index contributed by atoms with van der Waals surface area (Å²) in [6, 6.07) is 7.10. The van der Waals surface area contributed by atoms with Gasteiger partial charge in [-0.25, -0.2) is 9.59 Å². The van der Waals surface area contributed by atoms with Gasteiger partial charge in [-0.2, -0.15) is 13.2 Å². The molecule has 126 valence electrons. The molecule has 5 nitrogen and oxygen atoms in total. The number of carboxylic acids is 1. The van der Waals surface area contributed by atoms with E-state index in [0.29, 0.717) is 5.56 Å². The molecule has 0 atom stereocenters. The maximum atomic E-state index is 12.9. The first kappa shape index (κ1) is 17.3. The normalized spacial score (nSPS) is 11.2. The van der Waals surface area contributed by atoms with Gasteiger partial charge in [0.15, 0.2) is 0 Å². The molecule has 0 aliphatic rings. The van der Waals surface area contributed by atoms with Crippen LogP contribution in [0.25, 0.3) is 0 Å². The number of urea groups is 1. The topological polar surface area (TPSA) is 83.6 Å². The van der Waals surface area contributed by atoms with Crippen molar-refractivity contribution in [2.45, 2.75) is 13.1 Å². The van der Waals surface area contributed by atoms with E-state index < -0.39 is 23.7 Å². The number of anilines is 2. The highest BCUT2D eigenvalue weighted by Crippen LogP contribution is 2.36. The summed E-state index contributed by atoms with van der Waals surface area (Å²) in [6.45, 7) is 1.53. The van der Waals surface area contributed by atoms with E-state index in [0.717, 1.165) is 23.1 Å². The lowest BCUT2D eigenvalue weighted by Gasteiger charge is -2.25. The molecule has 0 aliphatic heterocycles. The Morgan fingerprint density at radius 2 is 1.75 bits per heavy atom. The van der Waals surface area contributed by atoms with Gasteiger partial charge in [0.25, 0.3) is 0 Å². The number of carboxylic acid groups (broad SMARTS) is 1. The van der Waals surface area contributed by atoms with Crippen molar-refractivity contribution in [3.05, 3.63) is 59.2 Å². The monoisotopic (exact) mass is 338 g/mol. The minimum atomic E-state index is -4.61. The number of nitrogens with zero attached hydrogens (tertiary/aromatic N) is 1. The Bertz CT molecular complexity index is 803. The Labute approximate surface area is 135 Å². The Hall–Kier alpha value is -3.03. The number of carbonyl (C=O) groups is 2. The first-order valence-corrected chi connectivity index (χ1v) is 6.72. The van der Waals surface area contributed by atoms with Crippen LogP contribution in [0.5, 0.6) is 0 Å². The molecule has 0 bridgehead atoms. The summed E-state index contributed by atoms with van der Waals surface area (Å²) in [7, 11) is 0. The van der Waals surface area contributed by atoms with Gasteiger partial charge in [-0.05, 0) is 36.8 Å². The van der Waals surface area contributed by atoms with Crippen molar-refractivity contribution in [1.29, 1.82) is 0 Å². The van der Waals surface area contributed by atoms with Crippen LogP contribution in [0.3, 0.4) is 0 Å². The number of benzene rings is 2. The Morgan fingerprint density at radius 1 is 1.12 bits per heavy atom. The smallest absolute Gasteiger partial charge is 0.416 e. The molecule has 0 spiro atoms. The van der Waals surface area contributed by atoms with Gasteiger partial charge in [0.2, 0.25) is 0 Å².